The molecule has 5 fully saturated rings. The van der Waals surface area contributed by atoms with Crippen LogP contribution in [0.25, 0.3) is 0 Å². The number of esters is 2. The minimum atomic E-state index is -2.00. The van der Waals surface area contributed by atoms with Gasteiger partial charge in [0.1, 0.15) is 53.8 Å². The van der Waals surface area contributed by atoms with E-state index in [1.165, 1.54) is 60.7 Å². The molecular weight excluding hydrogens is 1170 g/mol. The third-order valence-corrected chi connectivity index (χ3v) is 17.2. The van der Waals surface area contributed by atoms with Crippen molar-refractivity contribution in [2.45, 2.75) is 148 Å². The van der Waals surface area contributed by atoms with Gasteiger partial charge in [-0.15, -0.1) is 12.4 Å². The minimum Gasteiger partial charge on any atom is -0.870 e. The summed E-state index contributed by atoms with van der Waals surface area (Å²) in [5, 5.41) is 15.9. The summed E-state index contributed by atoms with van der Waals surface area (Å²) < 4.78 is 94.8. The Balaban J connectivity index is 0.000000511. The summed E-state index contributed by atoms with van der Waals surface area (Å²) in [6.07, 6.45) is 4.06. The molecule has 466 valence electrons. The molecular formula is C65H87ClF5KNO11P. The molecule has 1 heterocycles. The first kappa shape index (κ1) is 79.1. The number of carboxylic acid groups (broad SMARTS) is 1. The number of carbonyl (C=O) groups is 3. The van der Waals surface area contributed by atoms with Gasteiger partial charge in [0.05, 0.1) is 30.5 Å². The molecule has 10 atom stereocenters. The molecule has 4 aliphatic carbocycles. The topological polar surface area (TPSA) is 205 Å². The van der Waals surface area contributed by atoms with E-state index in [1.807, 2.05) is 60.6 Å². The van der Waals surface area contributed by atoms with Crippen LogP contribution < -0.4 is 57.1 Å². The van der Waals surface area contributed by atoms with Crippen molar-refractivity contribution in [3.8, 4) is 0 Å². The van der Waals surface area contributed by atoms with Crippen LogP contribution in [0.4, 0.5) is 22.0 Å². The van der Waals surface area contributed by atoms with Gasteiger partial charge in [-0.3, -0.25) is 14.4 Å². The maximum atomic E-state index is 12.9. The van der Waals surface area contributed by atoms with E-state index in [1.54, 1.807) is 75.7 Å². The second-order valence-electron chi connectivity index (χ2n) is 23.9. The number of carboxylic acids is 1. The standard InChI is InChI=1S/C16H21FO2.C13H15FO2.C11H11FO2.C10H12FN.C8H7FO.C6H15O2P.CH4O.ClH.K.H2O/c1-15(2,3)19-14(18)10-16(4)9-13(16)11-5-7-12(17)8-6-11;1-3-16-12(15)13(2)8-11(13)9-4-6-10(14)7-5-9;1-11(10(13)14)6-9(11)7-2-4-8(12)5-3-7;1-10(12)6-9(10)7-2-4-8(11)5-3-7;9-7-3-1-6(2-4-7)8-5-10-8;1-5-8-6(2)9(3,4)7;1-2;;;/h5-8,13H,9-10H2,1-4H3;4-7,11H,3,8H2,1-2H3;2-5,9H,6H2,1H3,(H,13,14);2-5,9H,6,12H2,1H3;1-4,8H,5H2;6H,5H2,1-4H3;2H,1H3;1H;;1H2/q;;;;;;;;+1;/p-1/t13-,16-;11-,13+;9-,11+;9-,10+;8-;;;;;/m00001...../s1. The van der Waals surface area contributed by atoms with Gasteiger partial charge in [-0.25, -0.2) is 22.0 Å². The zero-order chi connectivity index (χ0) is 61.6. The summed E-state index contributed by atoms with van der Waals surface area (Å²) in [5.74, 6) is -1.31. The van der Waals surface area contributed by atoms with Crippen LogP contribution in [0.15, 0.2) is 121 Å². The van der Waals surface area contributed by atoms with Crippen LogP contribution in [0.3, 0.4) is 0 Å². The van der Waals surface area contributed by atoms with Crippen molar-refractivity contribution >= 4 is 37.5 Å². The van der Waals surface area contributed by atoms with Crippen LogP contribution in [-0.2, 0) is 37.9 Å². The number of carbonyl (C=O) groups excluding carboxylic acids is 2. The number of rotatable bonds is 13. The molecule has 0 bridgehead atoms. The van der Waals surface area contributed by atoms with Crippen LogP contribution in [0.1, 0.15) is 159 Å². The summed E-state index contributed by atoms with van der Waals surface area (Å²) in [7, 11) is -0.996. The van der Waals surface area contributed by atoms with Crippen molar-refractivity contribution < 1.29 is 127 Å². The van der Waals surface area contributed by atoms with Gasteiger partial charge in [0.15, 0.2) is 0 Å². The summed E-state index contributed by atoms with van der Waals surface area (Å²) in [6, 6.07) is 32.0. The Labute approximate surface area is 548 Å². The van der Waals surface area contributed by atoms with E-state index < -0.39 is 29.5 Å². The summed E-state index contributed by atoms with van der Waals surface area (Å²) in [6.45, 7) is 24.2. The number of benzene rings is 5. The fourth-order valence-corrected chi connectivity index (χ4v) is 9.80. The smallest absolute Gasteiger partial charge is 0.870 e. The number of aliphatic carboxylic acids is 1. The third-order valence-electron chi connectivity index (χ3n) is 15.3. The second kappa shape index (κ2) is 34.2. The van der Waals surface area contributed by atoms with Gasteiger partial charge in [-0.1, -0.05) is 67.6 Å². The molecule has 0 radical (unpaired) electrons. The Morgan fingerprint density at radius 2 is 0.953 bits per heavy atom. The summed E-state index contributed by atoms with van der Waals surface area (Å²) in [5.41, 5.74) is 9.55. The maximum absolute atomic E-state index is 12.9. The molecule has 0 aromatic heterocycles. The summed E-state index contributed by atoms with van der Waals surface area (Å²) >= 11 is 0. The molecule has 5 aliphatic rings. The molecule has 4 saturated carbocycles. The molecule has 0 spiro atoms. The van der Waals surface area contributed by atoms with E-state index >= 15 is 0 Å². The van der Waals surface area contributed by atoms with E-state index in [4.69, 9.17) is 34.9 Å². The predicted molar refractivity (Wildman–Crippen MR) is 320 cm³/mol. The van der Waals surface area contributed by atoms with Crippen LogP contribution in [-0.4, -0.2) is 90.8 Å². The maximum Gasteiger partial charge on any atom is 1.00 e. The average Bonchev–Trinajstić information content (AvgIpc) is 2.22. The monoisotopic (exact) mass is 1260 g/mol. The van der Waals surface area contributed by atoms with Crippen molar-refractivity contribution in [1.29, 1.82) is 0 Å². The number of epoxide rings is 1. The molecule has 20 heteroatoms. The first-order valence-corrected chi connectivity index (χ1v) is 30.3. The normalized spacial score (nSPS) is 25.1. The molecule has 10 rings (SSSR count). The number of hydrogen-bond acceptors (Lipinski definition) is 11. The van der Waals surface area contributed by atoms with Gasteiger partial charge in [0.2, 0.25) is 0 Å². The number of aliphatic hydroxyl groups excluding tert-OH is 1. The predicted octanol–water partition coefficient (Wildman–Crippen LogP) is 12.1. The number of hydrogen-bond donors (Lipinski definition) is 3. The van der Waals surface area contributed by atoms with Crippen LogP contribution >= 0.6 is 19.5 Å². The fourth-order valence-electron chi connectivity index (χ4n) is 9.29. The molecule has 1 unspecified atom stereocenters. The third kappa shape index (κ3) is 25.3. The van der Waals surface area contributed by atoms with E-state index in [-0.39, 0.29) is 145 Å². The van der Waals surface area contributed by atoms with Gasteiger partial charge in [-0.05, 0) is 201 Å². The number of nitrogens with two attached hydrogens (primary N) is 1. The largest absolute Gasteiger partial charge is 1.00 e. The van der Waals surface area contributed by atoms with E-state index in [2.05, 4.69) is 6.92 Å². The van der Waals surface area contributed by atoms with Gasteiger partial charge >= 0.3 is 69.3 Å². The Kier molecular flexibility index (Phi) is 31.8. The molecule has 1 saturated heterocycles. The fraction of sp³-hybridized carbons (Fsp3) is 0.492. The molecule has 85 heavy (non-hydrogen) atoms. The number of halogens is 6. The molecule has 1 aliphatic heterocycles. The Hall–Kier alpha value is -3.88. The van der Waals surface area contributed by atoms with E-state index in [0.717, 1.165) is 60.8 Å². The van der Waals surface area contributed by atoms with Crippen LogP contribution in [0, 0.1) is 45.3 Å². The number of aliphatic hydroxyl groups is 1. The van der Waals surface area contributed by atoms with Crippen molar-refractivity contribution in [2.24, 2.45) is 22.0 Å². The quantitative estimate of drug-likeness (QED) is 0.0331. The second-order valence-corrected chi connectivity index (χ2v) is 27.5. The van der Waals surface area contributed by atoms with Crippen LogP contribution in [0.5, 0.6) is 0 Å². The first-order chi connectivity index (χ1) is 38.2. The molecule has 5 aromatic rings. The van der Waals surface area contributed by atoms with Gasteiger partial charge < -0.3 is 44.9 Å². The van der Waals surface area contributed by atoms with E-state index in [0.29, 0.717) is 37.9 Å². The van der Waals surface area contributed by atoms with Crippen molar-refractivity contribution in [3.05, 3.63) is 178 Å². The van der Waals surface area contributed by atoms with Crippen molar-refractivity contribution in [2.75, 3.05) is 40.3 Å². The number of ether oxygens (including phenoxy) is 4. The van der Waals surface area contributed by atoms with Crippen LogP contribution in [0.2, 0.25) is 0 Å². The SMILES string of the molecule is CC(C)(C)OC(=O)C[C@]1(C)C[C@H]1c1ccc(F)cc1.CCOC(=O)[C@]1(C)C[C@H]1c1ccc(F)cc1.CCOC(C)P(C)(C)=O.CO.C[C@@]1(C(=O)O)C[C@H]1c1ccc(F)cc1.C[C@@]1(N)C[C@H]1c1ccc(F)cc1.Cl.Fc1ccc([C@H]2CO2)cc1.[K+].[OH-]. The van der Waals surface area contributed by atoms with Crippen molar-refractivity contribution in [1.82, 2.24) is 0 Å². The Bertz CT molecular complexity index is 2890. The Morgan fingerprint density at radius 1 is 0.624 bits per heavy atom. The average molecular weight is 1260 g/mol. The van der Waals surface area contributed by atoms with Gasteiger partial charge in [0, 0.05) is 37.0 Å². The first-order valence-electron chi connectivity index (χ1n) is 27.7. The molecule has 0 amide bonds. The zero-order valence-electron chi connectivity index (χ0n) is 51.6. The molecule has 5 aromatic carbocycles. The molecule has 5 N–H and O–H groups in total. The Morgan fingerprint density at radius 3 is 1.24 bits per heavy atom. The van der Waals surface area contributed by atoms with E-state index in [9.17, 15) is 40.9 Å². The van der Waals surface area contributed by atoms with Gasteiger partial charge in [0.25, 0.3) is 0 Å². The zero-order valence-corrected chi connectivity index (χ0v) is 56.4. The van der Waals surface area contributed by atoms with Gasteiger partial charge in [-0.2, -0.15) is 0 Å². The minimum absolute atomic E-state index is 0. The summed E-state index contributed by atoms with van der Waals surface area (Å²) in [4.78, 5) is 34.4. The van der Waals surface area contributed by atoms with Crippen molar-refractivity contribution in [3.63, 3.8) is 0 Å². The molecule has 12 nitrogen and oxygen atoms in total.